The lowest BCUT2D eigenvalue weighted by atomic mass is 10.2. The Morgan fingerprint density at radius 3 is 2.50 bits per heavy atom. The summed E-state index contributed by atoms with van der Waals surface area (Å²) in [6.07, 6.45) is 2.57. The number of amides is 1. The minimum absolute atomic E-state index is 0.0390. The molecule has 2 heterocycles. The molecule has 0 saturated heterocycles. The second-order valence-corrected chi connectivity index (χ2v) is 11.0. The molecule has 0 unspecified atom stereocenters. The quantitative estimate of drug-likeness (QED) is 0.476. The van der Waals surface area contributed by atoms with E-state index in [0.29, 0.717) is 21.0 Å². The van der Waals surface area contributed by atoms with Crippen LogP contribution < -0.4 is 9.62 Å². The number of pyridine rings is 1. The lowest BCUT2D eigenvalue weighted by molar-refractivity contribution is 0.0977. The van der Waals surface area contributed by atoms with Crippen LogP contribution >= 0.6 is 43.2 Å². The van der Waals surface area contributed by atoms with Gasteiger partial charge >= 0.3 is 0 Å². The molecule has 1 aromatic carbocycles. The van der Waals surface area contributed by atoms with Crippen molar-refractivity contribution in [2.45, 2.75) is 6.54 Å². The number of benzene rings is 1. The van der Waals surface area contributed by atoms with Crippen LogP contribution in [0.3, 0.4) is 0 Å². The second kappa shape index (κ2) is 9.22. The standard InChI is InChI=1S/C18H13Br2N5O3S2/c1-30(27,28)24-17(26)15-16(20)29-18(23-15)25(10-13-5-4-12(19)9-22-13)14-6-2-11(8-21)3-7-14/h2-7,9H,10H2,1H3,(H,24,26). The Kier molecular flexibility index (Phi) is 6.87. The van der Waals surface area contributed by atoms with Crippen molar-refractivity contribution in [2.75, 3.05) is 11.2 Å². The van der Waals surface area contributed by atoms with E-state index in [1.54, 1.807) is 30.5 Å². The molecular weight excluding hydrogens is 558 g/mol. The Bertz CT molecular complexity index is 1220. The summed E-state index contributed by atoms with van der Waals surface area (Å²) < 4.78 is 25.9. The first kappa shape index (κ1) is 22.4. The van der Waals surface area contributed by atoms with Crippen LogP contribution in [0.25, 0.3) is 0 Å². The molecule has 30 heavy (non-hydrogen) atoms. The highest BCUT2D eigenvalue weighted by Crippen LogP contribution is 2.36. The molecule has 3 rings (SSSR count). The molecule has 2 aromatic heterocycles. The molecule has 0 aliphatic carbocycles. The fraction of sp³-hybridized carbons (Fsp3) is 0.111. The maximum atomic E-state index is 12.3. The van der Waals surface area contributed by atoms with Gasteiger partial charge in [0.1, 0.15) is 3.79 Å². The number of halogens is 2. The number of rotatable bonds is 6. The van der Waals surface area contributed by atoms with Crippen molar-refractivity contribution >= 4 is 69.9 Å². The summed E-state index contributed by atoms with van der Waals surface area (Å²) in [5, 5.41) is 9.50. The lowest BCUT2D eigenvalue weighted by Crippen LogP contribution is -2.30. The van der Waals surface area contributed by atoms with Crippen molar-refractivity contribution in [1.29, 1.82) is 5.26 Å². The maximum absolute atomic E-state index is 12.3. The third-order valence-corrected chi connectivity index (χ3v) is 6.47. The summed E-state index contributed by atoms with van der Waals surface area (Å²) in [6.45, 7) is 0.340. The summed E-state index contributed by atoms with van der Waals surface area (Å²) in [7, 11) is -3.73. The number of carbonyl (C=O) groups is 1. The first-order valence-electron chi connectivity index (χ1n) is 8.23. The number of anilines is 2. The zero-order valence-electron chi connectivity index (χ0n) is 15.3. The van der Waals surface area contributed by atoms with Gasteiger partial charge in [-0.15, -0.1) is 0 Å². The van der Waals surface area contributed by atoms with Crippen LogP contribution in [0.15, 0.2) is 50.9 Å². The van der Waals surface area contributed by atoms with Gasteiger partial charge in [-0.05, 0) is 68.3 Å². The van der Waals surface area contributed by atoms with Crippen LogP contribution in [0, 0.1) is 11.3 Å². The predicted octanol–water partition coefficient (Wildman–Crippen LogP) is 3.96. The maximum Gasteiger partial charge on any atom is 0.285 e. The average molecular weight is 571 g/mol. The third kappa shape index (κ3) is 5.63. The van der Waals surface area contributed by atoms with Crippen molar-refractivity contribution in [2.24, 2.45) is 0 Å². The summed E-state index contributed by atoms with van der Waals surface area (Å²) in [5.41, 5.74) is 1.95. The molecule has 1 N–H and O–H groups in total. The van der Waals surface area contributed by atoms with Crippen LogP contribution in [0.4, 0.5) is 10.8 Å². The fourth-order valence-electron chi connectivity index (χ4n) is 2.41. The van der Waals surface area contributed by atoms with Crippen LogP contribution in [0.2, 0.25) is 0 Å². The van der Waals surface area contributed by atoms with Gasteiger partial charge in [-0.2, -0.15) is 5.26 Å². The topological polar surface area (TPSA) is 116 Å². The van der Waals surface area contributed by atoms with Gasteiger partial charge in [0.2, 0.25) is 10.0 Å². The Hall–Kier alpha value is -2.33. The zero-order chi connectivity index (χ0) is 21.9. The summed E-state index contributed by atoms with van der Waals surface area (Å²) >= 11 is 7.82. The molecule has 0 saturated carbocycles. The highest BCUT2D eigenvalue weighted by molar-refractivity contribution is 9.11. The molecule has 0 aliphatic heterocycles. The van der Waals surface area contributed by atoms with Gasteiger partial charge in [-0.3, -0.25) is 9.78 Å². The molecule has 1 amide bonds. The van der Waals surface area contributed by atoms with E-state index in [9.17, 15) is 13.2 Å². The van der Waals surface area contributed by atoms with Gasteiger partial charge in [0, 0.05) is 16.4 Å². The highest BCUT2D eigenvalue weighted by Gasteiger charge is 2.23. The smallest absolute Gasteiger partial charge is 0.285 e. The van der Waals surface area contributed by atoms with Gasteiger partial charge < -0.3 is 4.90 Å². The number of nitrogens with zero attached hydrogens (tertiary/aromatic N) is 4. The molecule has 0 spiro atoms. The van der Waals surface area contributed by atoms with E-state index in [2.05, 4.69) is 47.9 Å². The van der Waals surface area contributed by atoms with Gasteiger partial charge in [0.05, 0.1) is 30.1 Å². The predicted molar refractivity (Wildman–Crippen MR) is 121 cm³/mol. The van der Waals surface area contributed by atoms with Crippen molar-refractivity contribution in [3.8, 4) is 6.07 Å². The molecule has 3 aromatic rings. The molecule has 0 aliphatic rings. The van der Waals surface area contributed by atoms with Crippen molar-refractivity contribution in [1.82, 2.24) is 14.7 Å². The van der Waals surface area contributed by atoms with Gasteiger partial charge in [-0.1, -0.05) is 11.3 Å². The summed E-state index contributed by atoms with van der Waals surface area (Å²) in [6, 6.07) is 12.7. The van der Waals surface area contributed by atoms with E-state index in [1.807, 2.05) is 21.8 Å². The summed E-state index contributed by atoms with van der Waals surface area (Å²) in [5.74, 6) is -0.826. The monoisotopic (exact) mass is 569 g/mol. The Morgan fingerprint density at radius 2 is 1.93 bits per heavy atom. The molecule has 8 nitrogen and oxygen atoms in total. The van der Waals surface area contributed by atoms with E-state index >= 15 is 0 Å². The first-order valence-corrected chi connectivity index (χ1v) is 12.5. The third-order valence-electron chi connectivity index (χ3n) is 3.72. The number of carbonyl (C=O) groups excluding carboxylic acids is 1. The molecule has 0 radical (unpaired) electrons. The second-order valence-electron chi connectivity index (χ2n) is 6.03. The van der Waals surface area contributed by atoms with E-state index in [0.717, 1.165) is 22.1 Å². The fourth-order valence-corrected chi connectivity index (χ4v) is 4.59. The van der Waals surface area contributed by atoms with Gasteiger partial charge in [0.25, 0.3) is 5.91 Å². The minimum atomic E-state index is -3.73. The number of sulfonamides is 1. The Morgan fingerprint density at radius 1 is 1.23 bits per heavy atom. The number of nitrogens with one attached hydrogen (secondary N) is 1. The van der Waals surface area contributed by atoms with Crippen molar-refractivity contribution < 1.29 is 13.2 Å². The van der Waals surface area contributed by atoms with Crippen LogP contribution in [0.1, 0.15) is 21.7 Å². The molecular formula is C18H13Br2N5O3S2. The molecule has 12 heteroatoms. The molecule has 0 bridgehead atoms. The van der Waals surface area contributed by atoms with Crippen LogP contribution in [-0.4, -0.2) is 30.5 Å². The number of thiazole rings is 1. The van der Waals surface area contributed by atoms with Crippen molar-refractivity contribution in [3.63, 3.8) is 0 Å². The lowest BCUT2D eigenvalue weighted by Gasteiger charge is -2.21. The first-order chi connectivity index (χ1) is 14.2. The largest absolute Gasteiger partial charge is 0.312 e. The van der Waals surface area contributed by atoms with Crippen LogP contribution in [0.5, 0.6) is 0 Å². The van der Waals surface area contributed by atoms with E-state index in [4.69, 9.17) is 5.26 Å². The molecule has 0 atom stereocenters. The van der Waals surface area contributed by atoms with E-state index in [-0.39, 0.29) is 5.69 Å². The zero-order valence-corrected chi connectivity index (χ0v) is 20.1. The van der Waals surface area contributed by atoms with Gasteiger partial charge in [-0.25, -0.2) is 18.1 Å². The average Bonchev–Trinajstić information content (AvgIpc) is 3.08. The molecule has 0 fully saturated rings. The SMILES string of the molecule is CS(=O)(=O)NC(=O)c1nc(N(Cc2ccc(Br)cn2)c2ccc(C#N)cc2)sc1Br. The van der Waals surface area contributed by atoms with Crippen molar-refractivity contribution in [3.05, 3.63) is 67.8 Å². The Balaban J connectivity index is 2.01. The normalized spacial score (nSPS) is 11.0. The van der Waals surface area contributed by atoms with Crippen LogP contribution in [-0.2, 0) is 16.6 Å². The number of hydrogen-bond acceptors (Lipinski definition) is 8. The van der Waals surface area contributed by atoms with Gasteiger partial charge in [0.15, 0.2) is 10.8 Å². The minimum Gasteiger partial charge on any atom is -0.312 e. The van der Waals surface area contributed by atoms with E-state index < -0.39 is 15.9 Å². The number of aromatic nitrogens is 2. The number of hydrogen-bond donors (Lipinski definition) is 1. The highest BCUT2D eigenvalue weighted by atomic mass is 79.9. The number of nitriles is 1. The van der Waals surface area contributed by atoms with E-state index in [1.165, 1.54) is 11.3 Å². The summed E-state index contributed by atoms with van der Waals surface area (Å²) in [4.78, 5) is 22.8. The molecule has 154 valence electrons. The Labute approximate surface area is 193 Å².